The summed E-state index contributed by atoms with van der Waals surface area (Å²) in [5.41, 5.74) is 1.91. The minimum absolute atomic E-state index is 0.732. The van der Waals surface area contributed by atoms with Crippen molar-refractivity contribution in [2.75, 3.05) is 18.0 Å². The Morgan fingerprint density at radius 3 is 2.08 bits per heavy atom. The molecule has 2 heteroatoms. The zero-order valence-electron chi connectivity index (χ0n) is 8.16. The number of carbonyl (C=O) groups excluding carboxylic acids is 1. The molecule has 0 unspecified atom stereocenters. The van der Waals surface area contributed by atoms with Crippen LogP contribution in [0.5, 0.6) is 0 Å². The Kier molecular flexibility index (Phi) is 3.50. The highest BCUT2D eigenvalue weighted by molar-refractivity contribution is 5.75. The van der Waals surface area contributed by atoms with E-state index in [4.69, 9.17) is 0 Å². The van der Waals surface area contributed by atoms with Crippen molar-refractivity contribution in [1.29, 1.82) is 0 Å². The quantitative estimate of drug-likeness (QED) is 0.658. The Hall–Kier alpha value is -1.31. The lowest BCUT2D eigenvalue weighted by Gasteiger charge is -2.20. The first-order valence-corrected chi connectivity index (χ1v) is 4.62. The minimum Gasteiger partial charge on any atom is -0.372 e. The van der Waals surface area contributed by atoms with Crippen LogP contribution < -0.4 is 4.90 Å². The fourth-order valence-corrected chi connectivity index (χ4v) is 1.35. The molecule has 1 aromatic carbocycles. The van der Waals surface area contributed by atoms with E-state index in [1.54, 1.807) is 0 Å². The van der Waals surface area contributed by atoms with E-state index in [0.29, 0.717) is 0 Å². The fourth-order valence-electron chi connectivity index (χ4n) is 1.35. The SMILES string of the molecule is CCN(CC)c1ccc(C=O)cc1. The highest BCUT2D eigenvalue weighted by atomic mass is 16.1. The number of aldehydes is 1. The third-order valence-electron chi connectivity index (χ3n) is 2.16. The van der Waals surface area contributed by atoms with Crippen LogP contribution in [-0.2, 0) is 0 Å². The number of anilines is 1. The van der Waals surface area contributed by atoms with Gasteiger partial charge in [-0.3, -0.25) is 4.79 Å². The maximum Gasteiger partial charge on any atom is 0.150 e. The molecule has 70 valence electrons. The molecule has 0 heterocycles. The lowest BCUT2D eigenvalue weighted by molar-refractivity contribution is 0.112. The van der Waals surface area contributed by atoms with Gasteiger partial charge in [-0.1, -0.05) is 0 Å². The second-order valence-electron chi connectivity index (χ2n) is 2.88. The summed E-state index contributed by atoms with van der Waals surface area (Å²) in [6.07, 6.45) is 0.867. The second-order valence-corrected chi connectivity index (χ2v) is 2.88. The number of nitrogens with zero attached hydrogens (tertiary/aromatic N) is 1. The van der Waals surface area contributed by atoms with Gasteiger partial charge in [-0.15, -0.1) is 0 Å². The second kappa shape index (κ2) is 4.65. The summed E-state index contributed by atoms with van der Waals surface area (Å²) in [4.78, 5) is 12.7. The Morgan fingerprint density at radius 2 is 1.69 bits per heavy atom. The third-order valence-corrected chi connectivity index (χ3v) is 2.16. The molecule has 2 nitrogen and oxygen atoms in total. The van der Waals surface area contributed by atoms with Gasteiger partial charge >= 0.3 is 0 Å². The molecule has 1 rings (SSSR count). The predicted molar refractivity (Wildman–Crippen MR) is 55.4 cm³/mol. The fraction of sp³-hybridized carbons (Fsp3) is 0.364. The highest BCUT2D eigenvalue weighted by Gasteiger charge is 1.99. The first-order valence-electron chi connectivity index (χ1n) is 4.62. The molecule has 0 spiro atoms. The van der Waals surface area contributed by atoms with Crippen LogP contribution in [0, 0.1) is 0 Å². The Labute approximate surface area is 79.2 Å². The number of hydrogen-bond donors (Lipinski definition) is 0. The van der Waals surface area contributed by atoms with E-state index in [1.807, 2.05) is 24.3 Å². The number of carbonyl (C=O) groups is 1. The van der Waals surface area contributed by atoms with Crippen LogP contribution in [0.1, 0.15) is 24.2 Å². The standard InChI is InChI=1S/C11H15NO/c1-3-12(4-2)11-7-5-10(9-13)6-8-11/h5-9H,3-4H2,1-2H3. The van der Waals surface area contributed by atoms with Crippen molar-refractivity contribution in [3.05, 3.63) is 29.8 Å². The summed E-state index contributed by atoms with van der Waals surface area (Å²) in [5.74, 6) is 0. The van der Waals surface area contributed by atoms with Crippen molar-refractivity contribution in [1.82, 2.24) is 0 Å². The molecular weight excluding hydrogens is 162 g/mol. The molecule has 0 fully saturated rings. The molecule has 0 aliphatic rings. The molecule has 0 atom stereocenters. The van der Waals surface area contributed by atoms with E-state index in [2.05, 4.69) is 18.7 Å². The van der Waals surface area contributed by atoms with E-state index in [0.717, 1.165) is 24.9 Å². The van der Waals surface area contributed by atoms with Gasteiger partial charge in [0.05, 0.1) is 0 Å². The van der Waals surface area contributed by atoms with Gasteiger partial charge in [-0.25, -0.2) is 0 Å². The third kappa shape index (κ3) is 2.31. The molecule has 0 N–H and O–H groups in total. The van der Waals surface area contributed by atoms with E-state index >= 15 is 0 Å². The smallest absolute Gasteiger partial charge is 0.150 e. The summed E-state index contributed by atoms with van der Waals surface area (Å²) in [7, 11) is 0. The maximum atomic E-state index is 10.4. The van der Waals surface area contributed by atoms with E-state index in [-0.39, 0.29) is 0 Å². The zero-order valence-corrected chi connectivity index (χ0v) is 8.16. The Morgan fingerprint density at radius 1 is 1.15 bits per heavy atom. The molecule has 0 saturated carbocycles. The molecule has 1 aromatic rings. The van der Waals surface area contributed by atoms with Crippen LogP contribution in [-0.4, -0.2) is 19.4 Å². The molecule has 0 aromatic heterocycles. The van der Waals surface area contributed by atoms with Gasteiger partial charge < -0.3 is 4.90 Å². The molecule has 13 heavy (non-hydrogen) atoms. The summed E-state index contributed by atoms with van der Waals surface area (Å²) in [6.45, 7) is 6.24. The van der Waals surface area contributed by atoms with Gasteiger partial charge in [0.15, 0.2) is 0 Å². The average Bonchev–Trinajstić information content (AvgIpc) is 2.21. The normalized spacial score (nSPS) is 9.69. The highest BCUT2D eigenvalue weighted by Crippen LogP contribution is 2.13. The van der Waals surface area contributed by atoms with E-state index in [1.165, 1.54) is 5.69 Å². The average molecular weight is 177 g/mol. The Bertz CT molecular complexity index is 262. The largest absolute Gasteiger partial charge is 0.372 e. The van der Waals surface area contributed by atoms with Gasteiger partial charge in [0, 0.05) is 24.3 Å². The van der Waals surface area contributed by atoms with Gasteiger partial charge in [0.25, 0.3) is 0 Å². The van der Waals surface area contributed by atoms with Crippen LogP contribution in [0.25, 0.3) is 0 Å². The molecule has 0 saturated heterocycles. The van der Waals surface area contributed by atoms with Crippen molar-refractivity contribution >= 4 is 12.0 Å². The van der Waals surface area contributed by atoms with E-state index in [9.17, 15) is 4.79 Å². The van der Waals surface area contributed by atoms with Crippen LogP contribution in [0.4, 0.5) is 5.69 Å². The van der Waals surface area contributed by atoms with Crippen molar-refractivity contribution in [2.24, 2.45) is 0 Å². The van der Waals surface area contributed by atoms with Gasteiger partial charge in [0.2, 0.25) is 0 Å². The summed E-state index contributed by atoms with van der Waals surface area (Å²) < 4.78 is 0. The number of benzene rings is 1. The lowest BCUT2D eigenvalue weighted by Crippen LogP contribution is -2.21. The van der Waals surface area contributed by atoms with Gasteiger partial charge in [-0.05, 0) is 38.1 Å². The zero-order chi connectivity index (χ0) is 9.68. The summed E-state index contributed by atoms with van der Waals surface area (Å²) in [5, 5.41) is 0. The van der Waals surface area contributed by atoms with Crippen molar-refractivity contribution in [3.63, 3.8) is 0 Å². The molecule has 0 bridgehead atoms. The topological polar surface area (TPSA) is 20.3 Å². The van der Waals surface area contributed by atoms with Gasteiger partial charge in [-0.2, -0.15) is 0 Å². The monoisotopic (exact) mass is 177 g/mol. The van der Waals surface area contributed by atoms with E-state index < -0.39 is 0 Å². The molecule has 0 radical (unpaired) electrons. The number of rotatable bonds is 4. The van der Waals surface area contributed by atoms with Gasteiger partial charge in [0.1, 0.15) is 6.29 Å². The lowest BCUT2D eigenvalue weighted by atomic mass is 10.2. The van der Waals surface area contributed by atoms with Crippen LogP contribution >= 0.6 is 0 Å². The van der Waals surface area contributed by atoms with Crippen LogP contribution in [0.15, 0.2) is 24.3 Å². The molecule has 0 aliphatic heterocycles. The first kappa shape index (κ1) is 9.78. The molecule has 0 aliphatic carbocycles. The van der Waals surface area contributed by atoms with Crippen LogP contribution in [0.2, 0.25) is 0 Å². The minimum atomic E-state index is 0.732. The first-order chi connectivity index (χ1) is 6.31. The molecular formula is C11H15NO. The van der Waals surface area contributed by atoms with Crippen molar-refractivity contribution in [3.8, 4) is 0 Å². The maximum absolute atomic E-state index is 10.4. The molecule has 0 amide bonds. The van der Waals surface area contributed by atoms with Crippen molar-refractivity contribution < 1.29 is 4.79 Å². The Balaban J connectivity index is 2.83. The van der Waals surface area contributed by atoms with Crippen molar-refractivity contribution in [2.45, 2.75) is 13.8 Å². The predicted octanol–water partition coefficient (Wildman–Crippen LogP) is 2.35. The number of hydrogen-bond acceptors (Lipinski definition) is 2. The van der Waals surface area contributed by atoms with Crippen LogP contribution in [0.3, 0.4) is 0 Å². The summed E-state index contributed by atoms with van der Waals surface area (Å²) in [6, 6.07) is 7.66. The summed E-state index contributed by atoms with van der Waals surface area (Å²) >= 11 is 0.